The number of pyridine rings is 1. The van der Waals surface area contributed by atoms with Crippen molar-refractivity contribution < 1.29 is 45.8 Å². The highest BCUT2D eigenvalue weighted by Gasteiger charge is 2.61. The highest BCUT2D eigenvalue weighted by molar-refractivity contribution is 5.97. The van der Waals surface area contributed by atoms with E-state index >= 15 is 0 Å². The van der Waals surface area contributed by atoms with Crippen molar-refractivity contribution in [2.24, 2.45) is 11.5 Å². The molecule has 0 unspecified atom stereocenters. The average Bonchev–Trinajstić information content (AvgIpc) is 3.23. The molecule has 3 atom stereocenters. The fraction of sp³-hybridized carbons (Fsp3) is 0.458. The summed E-state index contributed by atoms with van der Waals surface area (Å²) >= 11 is 0. The second-order valence-electron chi connectivity index (χ2n) is 8.74. The normalized spacial score (nSPS) is 21.3. The van der Waals surface area contributed by atoms with E-state index in [0.717, 1.165) is 25.1 Å². The number of carbonyl (C=O) groups excluding carboxylic acids is 2. The minimum absolute atomic E-state index is 0.0122. The van der Waals surface area contributed by atoms with Crippen LogP contribution in [0.5, 0.6) is 5.75 Å². The van der Waals surface area contributed by atoms with Crippen molar-refractivity contribution in [3.05, 3.63) is 53.4 Å². The summed E-state index contributed by atoms with van der Waals surface area (Å²) < 4.78 is 86.5. The number of primary amides is 1. The van der Waals surface area contributed by atoms with Crippen molar-refractivity contribution in [3.63, 3.8) is 0 Å². The molecule has 2 heterocycles. The molecule has 1 aliphatic heterocycles. The molecular formula is C24H27F5N4O5. The number of aromatic nitrogens is 1. The summed E-state index contributed by atoms with van der Waals surface area (Å²) in [6.45, 7) is 1.18. The molecule has 9 nitrogen and oxygen atoms in total. The molecule has 38 heavy (non-hydrogen) atoms. The summed E-state index contributed by atoms with van der Waals surface area (Å²) in [5.41, 5.74) is 7.38. The third-order valence-corrected chi connectivity index (χ3v) is 5.95. The SMILES string of the molecule is C[C@]1(C(F)(F)F)C[C@@H](c2ccc(F)c(F)c2OCCOCCCN)[C@H](C(=O)Nc2ccnc(C(N)=O)c2)O1. The molecule has 0 aliphatic carbocycles. The third-order valence-electron chi connectivity index (χ3n) is 5.95. The first kappa shape index (κ1) is 29.2. The van der Waals surface area contributed by atoms with Crippen LogP contribution in [0.1, 0.15) is 41.7 Å². The van der Waals surface area contributed by atoms with Gasteiger partial charge in [-0.3, -0.25) is 14.6 Å². The van der Waals surface area contributed by atoms with E-state index in [1.54, 1.807) is 0 Å². The summed E-state index contributed by atoms with van der Waals surface area (Å²) in [5.74, 6) is -6.67. The maximum Gasteiger partial charge on any atom is 0.417 e. The van der Waals surface area contributed by atoms with E-state index in [-0.39, 0.29) is 30.2 Å². The molecule has 208 valence electrons. The van der Waals surface area contributed by atoms with Crippen molar-refractivity contribution in [1.29, 1.82) is 0 Å². The fourth-order valence-corrected chi connectivity index (χ4v) is 3.96. The zero-order chi connectivity index (χ0) is 28.1. The second kappa shape index (κ2) is 12.0. The number of carbonyl (C=O) groups is 2. The van der Waals surface area contributed by atoms with E-state index in [1.165, 1.54) is 12.3 Å². The topological polar surface area (TPSA) is 139 Å². The van der Waals surface area contributed by atoms with Crippen molar-refractivity contribution >= 4 is 17.5 Å². The highest BCUT2D eigenvalue weighted by Crippen LogP contribution is 2.51. The number of hydrogen-bond acceptors (Lipinski definition) is 7. The Morgan fingerprint density at radius 2 is 1.95 bits per heavy atom. The molecule has 14 heteroatoms. The Labute approximate surface area is 214 Å². The molecule has 2 aromatic rings. The standard InChI is InChI=1S/C24H27F5N4O5/c1-23(24(27,28)29)12-15(20(38-23)22(35)33-13-5-7-32-17(11-13)21(31)34)14-3-4-16(25)18(26)19(14)37-10-9-36-8-2-6-30/h3-5,7,11,15,20H,2,6,8-10,12,30H2,1H3,(H2,31,34)(H,32,33,35)/t15-,20+,23+/m0/s1. The molecule has 1 aromatic heterocycles. The predicted octanol–water partition coefficient (Wildman–Crippen LogP) is 3.04. The van der Waals surface area contributed by atoms with Crippen LogP contribution in [0.3, 0.4) is 0 Å². The predicted molar refractivity (Wildman–Crippen MR) is 124 cm³/mol. The maximum atomic E-state index is 14.8. The molecule has 0 saturated carbocycles. The van der Waals surface area contributed by atoms with E-state index in [9.17, 15) is 31.5 Å². The Morgan fingerprint density at radius 3 is 2.61 bits per heavy atom. The lowest BCUT2D eigenvalue weighted by Crippen LogP contribution is -2.43. The number of nitrogens with one attached hydrogen (secondary N) is 1. The van der Waals surface area contributed by atoms with Crippen molar-refractivity contribution in [2.45, 2.75) is 43.6 Å². The van der Waals surface area contributed by atoms with E-state index in [1.807, 2.05) is 0 Å². The Bertz CT molecular complexity index is 1170. The third kappa shape index (κ3) is 6.55. The quantitative estimate of drug-likeness (QED) is 0.291. The number of alkyl halides is 3. The number of anilines is 1. The first-order valence-electron chi connectivity index (χ1n) is 11.6. The monoisotopic (exact) mass is 546 g/mol. The largest absolute Gasteiger partial charge is 0.488 e. The number of nitrogens with two attached hydrogens (primary N) is 2. The van der Waals surface area contributed by atoms with Crippen LogP contribution in [0.2, 0.25) is 0 Å². The van der Waals surface area contributed by atoms with E-state index in [4.69, 9.17) is 25.7 Å². The summed E-state index contributed by atoms with van der Waals surface area (Å²) in [7, 11) is 0. The lowest BCUT2D eigenvalue weighted by atomic mass is 9.85. The highest BCUT2D eigenvalue weighted by atomic mass is 19.4. The van der Waals surface area contributed by atoms with Gasteiger partial charge in [0.1, 0.15) is 18.4 Å². The Balaban J connectivity index is 1.93. The second-order valence-corrected chi connectivity index (χ2v) is 8.74. The van der Waals surface area contributed by atoms with Gasteiger partial charge in [-0.2, -0.15) is 17.6 Å². The van der Waals surface area contributed by atoms with Gasteiger partial charge in [0.15, 0.2) is 17.2 Å². The van der Waals surface area contributed by atoms with Crippen LogP contribution in [0.25, 0.3) is 0 Å². The van der Waals surface area contributed by atoms with Gasteiger partial charge in [-0.05, 0) is 44.5 Å². The molecule has 0 radical (unpaired) electrons. The molecule has 1 fully saturated rings. The summed E-state index contributed by atoms with van der Waals surface area (Å²) in [6, 6.07) is 4.20. The lowest BCUT2D eigenvalue weighted by molar-refractivity contribution is -0.261. The van der Waals surface area contributed by atoms with Gasteiger partial charge >= 0.3 is 6.18 Å². The van der Waals surface area contributed by atoms with Crippen LogP contribution >= 0.6 is 0 Å². The van der Waals surface area contributed by atoms with Crippen molar-refractivity contribution in [1.82, 2.24) is 4.98 Å². The lowest BCUT2D eigenvalue weighted by Gasteiger charge is -2.27. The van der Waals surface area contributed by atoms with Crippen LogP contribution < -0.4 is 21.5 Å². The molecule has 0 bridgehead atoms. The number of nitrogens with zero attached hydrogens (tertiary/aromatic N) is 1. The van der Waals surface area contributed by atoms with Gasteiger partial charge in [0.25, 0.3) is 11.8 Å². The number of rotatable bonds is 11. The maximum absolute atomic E-state index is 14.8. The first-order valence-corrected chi connectivity index (χ1v) is 11.6. The van der Waals surface area contributed by atoms with Gasteiger partial charge in [0.2, 0.25) is 5.82 Å². The average molecular weight is 546 g/mol. The molecule has 1 aliphatic rings. The summed E-state index contributed by atoms with van der Waals surface area (Å²) in [6.07, 6.45) is -5.75. The molecule has 1 aromatic carbocycles. The Hall–Kier alpha value is -3.36. The molecule has 1 saturated heterocycles. The Morgan fingerprint density at radius 1 is 1.21 bits per heavy atom. The van der Waals surface area contributed by atoms with Gasteiger partial charge in [-0.15, -0.1) is 0 Å². The molecular weight excluding hydrogens is 519 g/mol. The van der Waals surface area contributed by atoms with Gasteiger partial charge in [0, 0.05) is 30.0 Å². The van der Waals surface area contributed by atoms with Crippen LogP contribution in [0.15, 0.2) is 30.5 Å². The van der Waals surface area contributed by atoms with Crippen LogP contribution in [-0.4, -0.2) is 61.0 Å². The minimum atomic E-state index is -4.90. The Kier molecular flexibility index (Phi) is 9.22. The van der Waals surface area contributed by atoms with Gasteiger partial charge in [0.05, 0.1) is 6.61 Å². The van der Waals surface area contributed by atoms with E-state index in [0.29, 0.717) is 19.6 Å². The molecule has 2 amide bonds. The fourth-order valence-electron chi connectivity index (χ4n) is 3.96. The van der Waals surface area contributed by atoms with Crippen molar-refractivity contribution in [3.8, 4) is 5.75 Å². The number of ether oxygens (including phenoxy) is 3. The number of benzene rings is 1. The van der Waals surface area contributed by atoms with Gasteiger partial charge in [-0.25, -0.2) is 4.39 Å². The summed E-state index contributed by atoms with van der Waals surface area (Å²) in [5, 5.41) is 2.37. The first-order chi connectivity index (χ1) is 17.9. The summed E-state index contributed by atoms with van der Waals surface area (Å²) in [4.78, 5) is 28.3. The van der Waals surface area contributed by atoms with Crippen LogP contribution in [0, 0.1) is 11.6 Å². The zero-order valence-corrected chi connectivity index (χ0v) is 20.3. The molecule has 3 rings (SSSR count). The van der Waals surface area contributed by atoms with Crippen LogP contribution in [0.4, 0.5) is 27.6 Å². The number of hydrogen-bond donors (Lipinski definition) is 3. The number of halogens is 5. The minimum Gasteiger partial charge on any atom is -0.488 e. The number of amides is 2. The molecule has 5 N–H and O–H groups in total. The van der Waals surface area contributed by atoms with Crippen molar-refractivity contribution in [2.75, 3.05) is 31.7 Å². The van der Waals surface area contributed by atoms with E-state index in [2.05, 4.69) is 10.3 Å². The van der Waals surface area contributed by atoms with Gasteiger partial charge in [-0.1, -0.05) is 6.07 Å². The van der Waals surface area contributed by atoms with E-state index < -0.39 is 59.4 Å². The van der Waals surface area contributed by atoms with Gasteiger partial charge < -0.3 is 31.0 Å². The zero-order valence-electron chi connectivity index (χ0n) is 20.3. The molecule has 0 spiro atoms. The van der Waals surface area contributed by atoms with Crippen LogP contribution in [-0.2, 0) is 14.3 Å². The smallest absolute Gasteiger partial charge is 0.417 e.